The summed E-state index contributed by atoms with van der Waals surface area (Å²) in [5.74, 6) is -0.148. The second-order valence-electron chi connectivity index (χ2n) is 6.82. The zero-order chi connectivity index (χ0) is 20.1. The lowest BCUT2D eigenvalue weighted by atomic mass is 9.97. The summed E-state index contributed by atoms with van der Waals surface area (Å²) in [4.78, 5) is 30.2. The highest BCUT2D eigenvalue weighted by molar-refractivity contribution is 6.31. The van der Waals surface area contributed by atoms with E-state index in [1.165, 1.54) is 0 Å². The molecule has 1 saturated heterocycles. The van der Waals surface area contributed by atoms with Crippen molar-refractivity contribution < 1.29 is 19.1 Å². The summed E-state index contributed by atoms with van der Waals surface area (Å²) in [5.41, 5.74) is 5.63. The molecule has 3 rings (SSSR count). The molecule has 0 radical (unpaired) electrons. The quantitative estimate of drug-likeness (QED) is 0.797. The van der Waals surface area contributed by atoms with Crippen LogP contribution in [-0.2, 0) is 9.53 Å². The molecule has 8 heteroatoms. The number of halogens is 1. The molecule has 1 atom stereocenters. The number of hydrogen-bond donors (Lipinski definition) is 1. The van der Waals surface area contributed by atoms with Gasteiger partial charge in [-0.3, -0.25) is 14.6 Å². The van der Waals surface area contributed by atoms with Crippen molar-refractivity contribution in [2.75, 3.05) is 26.3 Å². The van der Waals surface area contributed by atoms with Gasteiger partial charge in [0.05, 0.1) is 19.6 Å². The van der Waals surface area contributed by atoms with Gasteiger partial charge in [-0.05, 0) is 42.8 Å². The molecule has 2 heterocycles. The highest BCUT2D eigenvalue weighted by atomic mass is 35.5. The lowest BCUT2D eigenvalue weighted by Gasteiger charge is -2.41. The average molecular weight is 404 g/mol. The molecule has 1 aliphatic heterocycles. The van der Waals surface area contributed by atoms with E-state index in [1.807, 2.05) is 6.92 Å². The minimum Gasteiger partial charge on any atom is -0.490 e. The van der Waals surface area contributed by atoms with Crippen molar-refractivity contribution >= 4 is 23.4 Å². The smallest absolute Gasteiger partial charge is 0.272 e. The topological polar surface area (TPSA) is 94.8 Å². The molecule has 1 aliphatic rings. The summed E-state index contributed by atoms with van der Waals surface area (Å²) in [6.07, 6.45) is 1.50. The van der Waals surface area contributed by atoms with E-state index in [1.54, 1.807) is 47.5 Å². The molecule has 28 heavy (non-hydrogen) atoms. The fraction of sp³-hybridized carbons (Fsp3) is 0.350. The van der Waals surface area contributed by atoms with E-state index in [4.69, 9.17) is 26.8 Å². The fourth-order valence-corrected chi connectivity index (χ4v) is 3.27. The summed E-state index contributed by atoms with van der Waals surface area (Å²) in [6, 6.07) is 10.4. The van der Waals surface area contributed by atoms with Crippen molar-refractivity contribution in [2.45, 2.75) is 18.9 Å². The highest BCUT2D eigenvalue weighted by Crippen LogP contribution is 2.27. The van der Waals surface area contributed by atoms with E-state index in [0.29, 0.717) is 23.0 Å². The Balaban J connectivity index is 1.76. The number of ether oxygens (including phenoxy) is 2. The van der Waals surface area contributed by atoms with Gasteiger partial charge in [-0.2, -0.15) is 0 Å². The van der Waals surface area contributed by atoms with E-state index in [0.717, 1.165) is 5.56 Å². The van der Waals surface area contributed by atoms with Gasteiger partial charge in [-0.15, -0.1) is 0 Å². The van der Waals surface area contributed by atoms with Crippen LogP contribution in [0.2, 0.25) is 5.02 Å². The number of nitrogens with zero attached hydrogens (tertiary/aromatic N) is 2. The summed E-state index contributed by atoms with van der Waals surface area (Å²) in [5, 5.41) is 0.639. The van der Waals surface area contributed by atoms with Crippen LogP contribution in [0, 0.1) is 6.92 Å². The second-order valence-corrected chi connectivity index (χ2v) is 7.22. The number of aryl methyl sites for hydroxylation is 1. The molecule has 1 aromatic carbocycles. The van der Waals surface area contributed by atoms with Crippen LogP contribution in [0.25, 0.3) is 0 Å². The number of benzene rings is 1. The van der Waals surface area contributed by atoms with Crippen LogP contribution in [-0.4, -0.2) is 53.6 Å². The zero-order valence-corrected chi connectivity index (χ0v) is 16.3. The SMILES string of the molecule is Cc1cc(OC[C@]2(CC(N)=O)CN(C(=O)c3ccccn3)CCO2)ccc1Cl. The van der Waals surface area contributed by atoms with Crippen molar-refractivity contribution in [3.8, 4) is 5.75 Å². The number of morpholine rings is 1. The maximum absolute atomic E-state index is 12.8. The number of rotatable bonds is 6. The van der Waals surface area contributed by atoms with Gasteiger partial charge >= 0.3 is 0 Å². The van der Waals surface area contributed by atoms with Gasteiger partial charge in [0.1, 0.15) is 23.7 Å². The molecule has 7 nitrogen and oxygen atoms in total. The normalized spacial score (nSPS) is 19.3. The average Bonchev–Trinajstić information content (AvgIpc) is 2.69. The van der Waals surface area contributed by atoms with Crippen molar-refractivity contribution in [2.24, 2.45) is 5.73 Å². The molecule has 0 bridgehead atoms. The van der Waals surface area contributed by atoms with Gasteiger partial charge in [0, 0.05) is 17.8 Å². The van der Waals surface area contributed by atoms with Crippen molar-refractivity contribution in [3.05, 3.63) is 58.9 Å². The molecular formula is C20H22ClN3O4. The molecule has 0 aliphatic carbocycles. The molecule has 0 spiro atoms. The van der Waals surface area contributed by atoms with Crippen LogP contribution < -0.4 is 10.5 Å². The van der Waals surface area contributed by atoms with Gasteiger partial charge < -0.3 is 20.1 Å². The molecule has 148 valence electrons. The Kier molecular flexibility index (Phi) is 6.16. The van der Waals surface area contributed by atoms with Gasteiger partial charge in [-0.25, -0.2) is 0 Å². The van der Waals surface area contributed by atoms with E-state index < -0.39 is 11.5 Å². The first-order valence-electron chi connectivity index (χ1n) is 8.90. The van der Waals surface area contributed by atoms with Gasteiger partial charge in [0.2, 0.25) is 5.91 Å². The molecular weight excluding hydrogens is 382 g/mol. The molecule has 2 aromatic rings. The number of nitrogens with two attached hydrogens (primary N) is 1. The molecule has 2 N–H and O–H groups in total. The third-order valence-corrected chi connectivity index (χ3v) is 4.97. The van der Waals surface area contributed by atoms with Crippen LogP contribution in [0.15, 0.2) is 42.6 Å². The number of primary amides is 1. The number of carbonyl (C=O) groups excluding carboxylic acids is 2. The summed E-state index contributed by atoms with van der Waals surface area (Å²) in [6.45, 7) is 2.80. The third-order valence-electron chi connectivity index (χ3n) is 4.55. The summed E-state index contributed by atoms with van der Waals surface area (Å²) >= 11 is 6.05. The Hall–Kier alpha value is -2.64. The Labute approximate surface area is 168 Å². The number of amides is 2. The predicted molar refractivity (Wildman–Crippen MR) is 104 cm³/mol. The monoisotopic (exact) mass is 403 g/mol. The first-order valence-corrected chi connectivity index (χ1v) is 9.28. The number of aromatic nitrogens is 1. The maximum Gasteiger partial charge on any atom is 0.272 e. The molecule has 1 aromatic heterocycles. The Morgan fingerprint density at radius 1 is 1.36 bits per heavy atom. The molecule has 1 fully saturated rings. The zero-order valence-electron chi connectivity index (χ0n) is 15.6. The molecule has 0 unspecified atom stereocenters. The molecule has 0 saturated carbocycles. The largest absolute Gasteiger partial charge is 0.490 e. The van der Waals surface area contributed by atoms with E-state index >= 15 is 0 Å². The fourth-order valence-electron chi connectivity index (χ4n) is 3.15. The first kappa shape index (κ1) is 20.1. The van der Waals surface area contributed by atoms with Crippen molar-refractivity contribution in [1.82, 2.24) is 9.88 Å². The van der Waals surface area contributed by atoms with E-state index in [9.17, 15) is 9.59 Å². The van der Waals surface area contributed by atoms with Crippen molar-refractivity contribution in [3.63, 3.8) is 0 Å². The molecule has 2 amide bonds. The minimum absolute atomic E-state index is 0.0639. The van der Waals surface area contributed by atoms with Crippen LogP contribution in [0.3, 0.4) is 0 Å². The van der Waals surface area contributed by atoms with Gasteiger partial charge in [0.25, 0.3) is 5.91 Å². The van der Waals surface area contributed by atoms with E-state index in [2.05, 4.69) is 4.98 Å². The summed E-state index contributed by atoms with van der Waals surface area (Å²) in [7, 11) is 0. The Morgan fingerprint density at radius 3 is 2.86 bits per heavy atom. The number of carbonyl (C=O) groups is 2. The minimum atomic E-state index is -1.03. The lowest BCUT2D eigenvalue weighted by Crippen LogP contribution is -2.58. The standard InChI is InChI=1S/C20H22ClN3O4/c1-14-10-15(5-6-16(14)21)27-13-20(11-18(22)25)12-24(8-9-28-20)19(26)17-4-2-3-7-23-17/h2-7,10H,8-9,11-13H2,1H3,(H2,22,25)/t20-/m0/s1. The van der Waals surface area contributed by atoms with E-state index in [-0.39, 0.29) is 32.1 Å². The Morgan fingerprint density at radius 2 is 2.18 bits per heavy atom. The third kappa shape index (κ3) is 4.79. The second kappa shape index (κ2) is 8.58. The van der Waals surface area contributed by atoms with Crippen LogP contribution in [0.4, 0.5) is 0 Å². The van der Waals surface area contributed by atoms with Crippen LogP contribution in [0.5, 0.6) is 5.75 Å². The number of pyridine rings is 1. The van der Waals surface area contributed by atoms with Crippen LogP contribution in [0.1, 0.15) is 22.5 Å². The predicted octanol–water partition coefficient (Wildman–Crippen LogP) is 2.21. The van der Waals surface area contributed by atoms with Gasteiger partial charge in [-0.1, -0.05) is 17.7 Å². The maximum atomic E-state index is 12.8. The van der Waals surface area contributed by atoms with Crippen molar-refractivity contribution in [1.29, 1.82) is 0 Å². The first-order chi connectivity index (χ1) is 13.4. The summed E-state index contributed by atoms with van der Waals surface area (Å²) < 4.78 is 11.8. The highest BCUT2D eigenvalue weighted by Gasteiger charge is 2.41. The lowest BCUT2D eigenvalue weighted by molar-refractivity contribution is -0.142. The Bertz CT molecular complexity index is 862. The van der Waals surface area contributed by atoms with Gasteiger partial charge in [0.15, 0.2) is 0 Å². The van der Waals surface area contributed by atoms with Crippen LogP contribution >= 0.6 is 11.6 Å². The number of hydrogen-bond acceptors (Lipinski definition) is 5.